The van der Waals surface area contributed by atoms with Gasteiger partial charge < -0.3 is 9.47 Å². The standard InChI is InChI=1S/C25H26N2O4/c1-18(2)16-30-21-12-8-11-20(15-21)25(29)27-26-24(28)17-31-23-14-7-6-13-22(23)19-9-4-3-5-10-19/h3-15,18H,16-17H2,1-2H3,(H,26,28)(H,27,29). The Labute approximate surface area is 182 Å². The third-order valence-electron chi connectivity index (χ3n) is 4.33. The number of benzene rings is 3. The normalized spacial score (nSPS) is 10.4. The molecule has 3 aromatic rings. The number of carbonyl (C=O) groups is 2. The van der Waals surface area contributed by atoms with Crippen molar-refractivity contribution >= 4 is 11.8 Å². The highest BCUT2D eigenvalue weighted by Gasteiger charge is 2.11. The van der Waals surface area contributed by atoms with Crippen molar-refractivity contribution in [2.24, 2.45) is 5.92 Å². The van der Waals surface area contributed by atoms with Gasteiger partial charge in [0.1, 0.15) is 11.5 Å². The minimum absolute atomic E-state index is 0.234. The van der Waals surface area contributed by atoms with Crippen LogP contribution < -0.4 is 20.3 Å². The zero-order chi connectivity index (χ0) is 22.1. The van der Waals surface area contributed by atoms with E-state index in [2.05, 4.69) is 10.9 Å². The summed E-state index contributed by atoms with van der Waals surface area (Å²) in [7, 11) is 0. The van der Waals surface area contributed by atoms with Crippen molar-refractivity contribution in [1.29, 1.82) is 0 Å². The fraction of sp³-hybridized carbons (Fsp3) is 0.200. The molecule has 0 bridgehead atoms. The number of amides is 2. The smallest absolute Gasteiger partial charge is 0.276 e. The van der Waals surface area contributed by atoms with Gasteiger partial charge in [0, 0.05) is 11.1 Å². The molecule has 0 aromatic heterocycles. The molecule has 0 unspecified atom stereocenters. The minimum atomic E-state index is -0.469. The van der Waals surface area contributed by atoms with Crippen LogP contribution in [0.3, 0.4) is 0 Å². The summed E-state index contributed by atoms with van der Waals surface area (Å²) in [6.07, 6.45) is 0. The average Bonchev–Trinajstić information content (AvgIpc) is 2.80. The Morgan fingerprint density at radius 3 is 2.35 bits per heavy atom. The fourth-order valence-electron chi connectivity index (χ4n) is 2.82. The molecule has 0 radical (unpaired) electrons. The summed E-state index contributed by atoms with van der Waals surface area (Å²) in [4.78, 5) is 24.5. The van der Waals surface area contributed by atoms with Gasteiger partial charge in [-0.15, -0.1) is 0 Å². The maximum atomic E-state index is 12.3. The Morgan fingerprint density at radius 2 is 1.58 bits per heavy atom. The average molecular weight is 418 g/mol. The largest absolute Gasteiger partial charge is 0.493 e. The lowest BCUT2D eigenvalue weighted by Gasteiger charge is -2.13. The van der Waals surface area contributed by atoms with Crippen molar-refractivity contribution in [1.82, 2.24) is 10.9 Å². The molecule has 0 atom stereocenters. The maximum Gasteiger partial charge on any atom is 0.276 e. The summed E-state index contributed by atoms with van der Waals surface area (Å²) in [5.74, 6) is 0.666. The lowest BCUT2D eigenvalue weighted by molar-refractivity contribution is -0.123. The maximum absolute atomic E-state index is 12.3. The van der Waals surface area contributed by atoms with E-state index < -0.39 is 11.8 Å². The number of hydrogen-bond acceptors (Lipinski definition) is 4. The van der Waals surface area contributed by atoms with Crippen molar-refractivity contribution in [2.75, 3.05) is 13.2 Å². The van der Waals surface area contributed by atoms with Crippen molar-refractivity contribution in [2.45, 2.75) is 13.8 Å². The molecule has 0 saturated heterocycles. The van der Waals surface area contributed by atoms with Crippen LogP contribution in [0.5, 0.6) is 11.5 Å². The van der Waals surface area contributed by atoms with Crippen molar-refractivity contribution in [3.05, 3.63) is 84.4 Å². The second-order valence-corrected chi connectivity index (χ2v) is 7.39. The second kappa shape index (κ2) is 10.8. The van der Waals surface area contributed by atoms with Crippen molar-refractivity contribution in [3.8, 4) is 22.6 Å². The predicted molar refractivity (Wildman–Crippen MR) is 120 cm³/mol. The summed E-state index contributed by atoms with van der Waals surface area (Å²) >= 11 is 0. The Morgan fingerprint density at radius 1 is 0.839 bits per heavy atom. The highest BCUT2D eigenvalue weighted by atomic mass is 16.5. The first kappa shape index (κ1) is 21.9. The number of nitrogens with one attached hydrogen (secondary N) is 2. The quantitative estimate of drug-likeness (QED) is 0.537. The van der Waals surface area contributed by atoms with Crippen LogP contribution in [-0.4, -0.2) is 25.0 Å². The van der Waals surface area contributed by atoms with Gasteiger partial charge in [0.25, 0.3) is 11.8 Å². The molecule has 160 valence electrons. The third kappa shape index (κ3) is 6.60. The van der Waals surface area contributed by atoms with E-state index in [1.54, 1.807) is 30.3 Å². The lowest BCUT2D eigenvalue weighted by atomic mass is 10.1. The predicted octanol–water partition coefficient (Wildman–Crippen LogP) is 4.23. The van der Waals surface area contributed by atoms with Crippen molar-refractivity contribution < 1.29 is 19.1 Å². The van der Waals surface area contributed by atoms with Gasteiger partial charge >= 0.3 is 0 Å². The lowest BCUT2D eigenvalue weighted by Crippen LogP contribution is -2.43. The van der Waals surface area contributed by atoms with E-state index in [1.165, 1.54) is 0 Å². The molecule has 0 spiro atoms. The van der Waals surface area contributed by atoms with Crippen LogP contribution in [0, 0.1) is 5.92 Å². The van der Waals surface area contributed by atoms with Gasteiger partial charge in [0.2, 0.25) is 0 Å². The van der Waals surface area contributed by atoms with E-state index in [1.807, 2.05) is 62.4 Å². The van der Waals surface area contributed by atoms with Gasteiger partial charge in [-0.3, -0.25) is 20.4 Å². The molecular formula is C25H26N2O4. The van der Waals surface area contributed by atoms with Crippen LogP contribution in [0.1, 0.15) is 24.2 Å². The second-order valence-electron chi connectivity index (χ2n) is 7.39. The van der Waals surface area contributed by atoms with E-state index >= 15 is 0 Å². The molecule has 2 N–H and O–H groups in total. The first-order chi connectivity index (χ1) is 15.0. The molecule has 3 aromatic carbocycles. The summed E-state index contributed by atoms with van der Waals surface area (Å²) in [5.41, 5.74) is 7.04. The summed E-state index contributed by atoms with van der Waals surface area (Å²) < 4.78 is 11.3. The molecule has 0 aliphatic rings. The third-order valence-corrected chi connectivity index (χ3v) is 4.33. The molecule has 0 saturated carbocycles. The first-order valence-electron chi connectivity index (χ1n) is 10.1. The molecule has 6 heteroatoms. The van der Waals surface area contributed by atoms with Gasteiger partial charge in [-0.05, 0) is 35.7 Å². The number of ether oxygens (including phenoxy) is 2. The van der Waals surface area contributed by atoms with Crippen LogP contribution >= 0.6 is 0 Å². The Hall–Kier alpha value is -3.80. The Balaban J connectivity index is 1.52. The topological polar surface area (TPSA) is 76.7 Å². The molecule has 6 nitrogen and oxygen atoms in total. The van der Waals surface area contributed by atoms with E-state index in [4.69, 9.17) is 9.47 Å². The van der Waals surface area contributed by atoms with Gasteiger partial charge in [-0.1, -0.05) is 68.4 Å². The van der Waals surface area contributed by atoms with Gasteiger partial charge in [0.15, 0.2) is 6.61 Å². The zero-order valence-corrected chi connectivity index (χ0v) is 17.6. The van der Waals surface area contributed by atoms with Crippen LogP contribution in [0.2, 0.25) is 0 Å². The molecule has 0 aliphatic carbocycles. The number of hydrogen-bond donors (Lipinski definition) is 2. The van der Waals surface area contributed by atoms with E-state index in [-0.39, 0.29) is 6.61 Å². The zero-order valence-electron chi connectivity index (χ0n) is 17.6. The Bertz CT molecular complexity index is 1020. The summed E-state index contributed by atoms with van der Waals surface area (Å²) in [5, 5.41) is 0. The molecule has 0 heterocycles. The molecule has 0 aliphatic heterocycles. The molecule has 2 amide bonds. The summed E-state index contributed by atoms with van der Waals surface area (Å²) in [6.45, 7) is 4.42. The van der Waals surface area contributed by atoms with Gasteiger partial charge in [-0.25, -0.2) is 0 Å². The minimum Gasteiger partial charge on any atom is -0.493 e. The fourth-order valence-corrected chi connectivity index (χ4v) is 2.82. The van der Waals surface area contributed by atoms with E-state index in [0.717, 1.165) is 11.1 Å². The van der Waals surface area contributed by atoms with Crippen molar-refractivity contribution in [3.63, 3.8) is 0 Å². The van der Waals surface area contributed by atoms with Crippen LogP contribution in [0.4, 0.5) is 0 Å². The van der Waals surface area contributed by atoms with E-state index in [0.29, 0.717) is 29.6 Å². The SMILES string of the molecule is CC(C)COc1cccc(C(=O)NNC(=O)COc2ccccc2-c2ccccc2)c1. The number of carbonyl (C=O) groups excluding carboxylic acids is 2. The molecule has 31 heavy (non-hydrogen) atoms. The molecular weight excluding hydrogens is 392 g/mol. The van der Waals surface area contributed by atoms with Crippen LogP contribution in [0.25, 0.3) is 11.1 Å². The van der Waals surface area contributed by atoms with Crippen LogP contribution in [-0.2, 0) is 4.79 Å². The molecule has 0 fully saturated rings. The number of para-hydroxylation sites is 1. The number of rotatable bonds is 8. The first-order valence-corrected chi connectivity index (χ1v) is 10.1. The Kier molecular flexibility index (Phi) is 7.65. The highest BCUT2D eigenvalue weighted by Crippen LogP contribution is 2.29. The monoisotopic (exact) mass is 418 g/mol. The number of hydrazine groups is 1. The highest BCUT2D eigenvalue weighted by molar-refractivity contribution is 5.95. The van der Waals surface area contributed by atoms with Gasteiger partial charge in [-0.2, -0.15) is 0 Å². The van der Waals surface area contributed by atoms with Gasteiger partial charge in [0.05, 0.1) is 6.61 Å². The van der Waals surface area contributed by atoms with E-state index in [9.17, 15) is 9.59 Å². The van der Waals surface area contributed by atoms with Crippen LogP contribution in [0.15, 0.2) is 78.9 Å². The molecule has 3 rings (SSSR count). The summed E-state index contributed by atoms with van der Waals surface area (Å²) in [6, 6.07) is 24.1.